The van der Waals surface area contributed by atoms with Crippen LogP contribution in [0.4, 0.5) is 0 Å². The highest BCUT2D eigenvalue weighted by Crippen LogP contribution is 2.25. The molecule has 1 heterocycles. The van der Waals surface area contributed by atoms with E-state index in [0.29, 0.717) is 5.56 Å². The number of hydrogen-bond donors (Lipinski definition) is 0. The van der Waals surface area contributed by atoms with Crippen LogP contribution in [0.1, 0.15) is 15.9 Å². The van der Waals surface area contributed by atoms with Crippen LogP contribution in [0.3, 0.4) is 0 Å². The summed E-state index contributed by atoms with van der Waals surface area (Å²) in [6.45, 7) is 4.49. The van der Waals surface area contributed by atoms with E-state index in [1.54, 1.807) is 0 Å². The lowest BCUT2D eigenvalue weighted by molar-refractivity contribution is 0.0342. The third-order valence-electron chi connectivity index (χ3n) is 3.85. The van der Waals surface area contributed by atoms with Crippen molar-refractivity contribution in [2.45, 2.75) is 6.54 Å². The van der Waals surface area contributed by atoms with Gasteiger partial charge in [0.25, 0.3) is 0 Å². The molecule has 21 heavy (non-hydrogen) atoms. The highest BCUT2D eigenvalue weighted by atomic mass is 16.5. The summed E-state index contributed by atoms with van der Waals surface area (Å²) >= 11 is 0. The number of aldehydes is 1. The van der Waals surface area contributed by atoms with Gasteiger partial charge < -0.3 is 4.74 Å². The largest absolute Gasteiger partial charge is 0.379 e. The number of hydrogen-bond acceptors (Lipinski definition) is 3. The fourth-order valence-corrected chi connectivity index (χ4v) is 2.72. The lowest BCUT2D eigenvalue weighted by atomic mass is 9.98. The van der Waals surface area contributed by atoms with Gasteiger partial charge in [0, 0.05) is 25.2 Å². The van der Waals surface area contributed by atoms with Crippen molar-refractivity contribution in [2.75, 3.05) is 26.3 Å². The number of ether oxygens (including phenoxy) is 1. The zero-order valence-electron chi connectivity index (χ0n) is 12.0. The fraction of sp³-hybridized carbons (Fsp3) is 0.278. The second-order valence-electron chi connectivity index (χ2n) is 5.29. The zero-order chi connectivity index (χ0) is 14.5. The van der Waals surface area contributed by atoms with Crippen LogP contribution in [0.2, 0.25) is 0 Å². The van der Waals surface area contributed by atoms with E-state index in [9.17, 15) is 4.79 Å². The monoisotopic (exact) mass is 281 g/mol. The lowest BCUT2D eigenvalue weighted by Gasteiger charge is -2.27. The van der Waals surface area contributed by atoms with Crippen LogP contribution in [0.5, 0.6) is 0 Å². The van der Waals surface area contributed by atoms with E-state index in [4.69, 9.17) is 4.74 Å². The van der Waals surface area contributed by atoms with Crippen molar-refractivity contribution >= 4 is 6.29 Å². The minimum absolute atomic E-state index is 0.716. The molecule has 3 nitrogen and oxygen atoms in total. The van der Waals surface area contributed by atoms with Gasteiger partial charge in [0.15, 0.2) is 0 Å². The van der Waals surface area contributed by atoms with E-state index >= 15 is 0 Å². The maximum absolute atomic E-state index is 11.0. The van der Waals surface area contributed by atoms with Crippen LogP contribution in [0, 0.1) is 0 Å². The molecule has 2 aromatic carbocycles. The third-order valence-corrected chi connectivity index (χ3v) is 3.85. The summed E-state index contributed by atoms with van der Waals surface area (Å²) in [6, 6.07) is 16.2. The van der Waals surface area contributed by atoms with Gasteiger partial charge >= 0.3 is 0 Å². The molecule has 0 radical (unpaired) electrons. The summed E-state index contributed by atoms with van der Waals surface area (Å²) in [5.74, 6) is 0. The molecule has 108 valence electrons. The van der Waals surface area contributed by atoms with Crippen LogP contribution in [-0.4, -0.2) is 37.5 Å². The first kappa shape index (κ1) is 14.0. The first-order chi connectivity index (χ1) is 10.4. The Kier molecular flexibility index (Phi) is 4.43. The second kappa shape index (κ2) is 6.66. The van der Waals surface area contributed by atoms with E-state index < -0.39 is 0 Å². The van der Waals surface area contributed by atoms with Crippen molar-refractivity contribution in [3.63, 3.8) is 0 Å². The molecule has 1 saturated heterocycles. The molecule has 0 spiro atoms. The Bertz CT molecular complexity index is 618. The predicted octanol–water partition coefficient (Wildman–Crippen LogP) is 3.00. The van der Waals surface area contributed by atoms with Gasteiger partial charge in [0.05, 0.1) is 13.2 Å². The summed E-state index contributed by atoms with van der Waals surface area (Å²) in [5.41, 5.74) is 4.31. The Hall–Kier alpha value is -1.97. The molecule has 3 rings (SSSR count). The summed E-state index contributed by atoms with van der Waals surface area (Å²) in [4.78, 5) is 13.4. The van der Waals surface area contributed by atoms with Crippen molar-refractivity contribution in [1.82, 2.24) is 4.90 Å². The number of carbonyl (C=O) groups is 1. The van der Waals surface area contributed by atoms with E-state index in [1.807, 2.05) is 24.3 Å². The average molecular weight is 281 g/mol. The Balaban J connectivity index is 1.89. The SMILES string of the molecule is O=Cc1cccc(-c2ccccc2CN2CCOCC2)c1. The number of morpholine rings is 1. The van der Waals surface area contributed by atoms with Crippen LogP contribution in [-0.2, 0) is 11.3 Å². The third kappa shape index (κ3) is 3.38. The molecular weight excluding hydrogens is 262 g/mol. The van der Waals surface area contributed by atoms with Gasteiger partial charge in [-0.05, 0) is 22.8 Å². The molecule has 0 aliphatic carbocycles. The normalized spacial score (nSPS) is 15.8. The zero-order valence-corrected chi connectivity index (χ0v) is 12.0. The Morgan fingerprint density at radius 1 is 1.05 bits per heavy atom. The van der Waals surface area contributed by atoms with Gasteiger partial charge in [-0.1, -0.05) is 42.5 Å². The van der Waals surface area contributed by atoms with E-state index in [0.717, 1.165) is 44.7 Å². The van der Waals surface area contributed by atoms with Gasteiger partial charge in [-0.3, -0.25) is 9.69 Å². The molecule has 0 aromatic heterocycles. The highest BCUT2D eigenvalue weighted by molar-refractivity contribution is 5.79. The predicted molar refractivity (Wildman–Crippen MR) is 83.4 cm³/mol. The van der Waals surface area contributed by atoms with Crippen molar-refractivity contribution in [1.29, 1.82) is 0 Å². The van der Waals surface area contributed by atoms with Crippen molar-refractivity contribution in [2.24, 2.45) is 0 Å². The highest BCUT2D eigenvalue weighted by Gasteiger charge is 2.13. The van der Waals surface area contributed by atoms with Crippen LogP contribution < -0.4 is 0 Å². The summed E-state index contributed by atoms with van der Waals surface area (Å²) < 4.78 is 5.40. The molecule has 0 saturated carbocycles. The number of benzene rings is 2. The fourth-order valence-electron chi connectivity index (χ4n) is 2.72. The van der Waals surface area contributed by atoms with E-state index in [1.165, 1.54) is 11.1 Å². The maximum atomic E-state index is 11.0. The molecule has 1 aliphatic rings. The molecule has 2 aromatic rings. The van der Waals surface area contributed by atoms with Crippen molar-refractivity contribution in [3.05, 3.63) is 59.7 Å². The number of rotatable bonds is 4. The summed E-state index contributed by atoms with van der Waals surface area (Å²) in [6.07, 6.45) is 0.897. The van der Waals surface area contributed by atoms with Crippen LogP contribution in [0.15, 0.2) is 48.5 Å². The molecule has 0 N–H and O–H groups in total. The van der Waals surface area contributed by atoms with Gasteiger partial charge in [-0.2, -0.15) is 0 Å². The first-order valence-electron chi connectivity index (χ1n) is 7.30. The van der Waals surface area contributed by atoms with Gasteiger partial charge in [0.2, 0.25) is 0 Å². The Morgan fingerprint density at radius 2 is 1.86 bits per heavy atom. The number of nitrogens with zero attached hydrogens (tertiary/aromatic N) is 1. The van der Waals surface area contributed by atoms with Gasteiger partial charge in [-0.25, -0.2) is 0 Å². The van der Waals surface area contributed by atoms with Gasteiger partial charge in [-0.15, -0.1) is 0 Å². The van der Waals surface area contributed by atoms with Crippen LogP contribution >= 0.6 is 0 Å². The molecule has 1 aliphatic heterocycles. The molecule has 3 heteroatoms. The summed E-state index contributed by atoms with van der Waals surface area (Å²) in [5, 5.41) is 0. The lowest BCUT2D eigenvalue weighted by Crippen LogP contribution is -2.35. The van der Waals surface area contributed by atoms with Gasteiger partial charge in [0.1, 0.15) is 6.29 Å². The quantitative estimate of drug-likeness (QED) is 0.807. The molecule has 0 amide bonds. The molecule has 1 fully saturated rings. The topological polar surface area (TPSA) is 29.5 Å². The minimum atomic E-state index is 0.716. The standard InChI is InChI=1S/C18H19NO2/c20-14-15-4-3-6-16(12-15)18-7-2-1-5-17(18)13-19-8-10-21-11-9-19/h1-7,12,14H,8-11,13H2. The van der Waals surface area contributed by atoms with E-state index in [2.05, 4.69) is 29.2 Å². The minimum Gasteiger partial charge on any atom is -0.379 e. The number of carbonyl (C=O) groups excluding carboxylic acids is 1. The molecule has 0 atom stereocenters. The average Bonchev–Trinajstić information content (AvgIpc) is 2.56. The van der Waals surface area contributed by atoms with Crippen LogP contribution in [0.25, 0.3) is 11.1 Å². The first-order valence-corrected chi connectivity index (χ1v) is 7.30. The van der Waals surface area contributed by atoms with Crippen molar-refractivity contribution in [3.8, 4) is 11.1 Å². The Morgan fingerprint density at radius 3 is 2.67 bits per heavy atom. The Labute approximate surface area is 125 Å². The molecule has 0 bridgehead atoms. The van der Waals surface area contributed by atoms with E-state index in [-0.39, 0.29) is 0 Å². The second-order valence-corrected chi connectivity index (χ2v) is 5.29. The summed E-state index contributed by atoms with van der Waals surface area (Å²) in [7, 11) is 0. The smallest absolute Gasteiger partial charge is 0.150 e. The molecular formula is C18H19NO2. The van der Waals surface area contributed by atoms with Crippen molar-refractivity contribution < 1.29 is 9.53 Å². The maximum Gasteiger partial charge on any atom is 0.150 e. The molecule has 0 unspecified atom stereocenters.